The van der Waals surface area contributed by atoms with E-state index < -0.39 is 0 Å². The molecule has 136 valence electrons. The summed E-state index contributed by atoms with van der Waals surface area (Å²) in [5.74, 6) is 0.547. The Bertz CT molecular complexity index is 454. The van der Waals surface area contributed by atoms with Crippen molar-refractivity contribution in [2.45, 2.75) is 97.3 Å². The van der Waals surface area contributed by atoms with Crippen LogP contribution in [0.25, 0.3) is 0 Å². The Balaban J connectivity index is 2.12. The fourth-order valence-electron chi connectivity index (χ4n) is 2.79. The number of hydrogen-bond acceptors (Lipinski definition) is 2. The summed E-state index contributed by atoms with van der Waals surface area (Å²) in [6, 6.07) is 7.88. The van der Waals surface area contributed by atoms with Gasteiger partial charge in [0, 0.05) is 6.42 Å². The maximum atomic E-state index is 11.9. The van der Waals surface area contributed by atoms with Crippen LogP contribution in [0.2, 0.25) is 0 Å². The number of hydrogen-bond donors (Lipinski definition) is 0. The lowest BCUT2D eigenvalue weighted by Gasteiger charge is -2.18. The second kappa shape index (κ2) is 11.3. The van der Waals surface area contributed by atoms with Gasteiger partial charge >= 0.3 is 5.97 Å². The van der Waals surface area contributed by atoms with E-state index in [9.17, 15) is 4.79 Å². The average Bonchev–Trinajstić information content (AvgIpc) is 2.53. The second-order valence-corrected chi connectivity index (χ2v) is 7.83. The molecule has 0 aliphatic carbocycles. The van der Waals surface area contributed by atoms with Crippen molar-refractivity contribution in [1.82, 2.24) is 0 Å². The molecule has 24 heavy (non-hydrogen) atoms. The average molecular weight is 333 g/mol. The molecule has 2 nitrogen and oxygen atoms in total. The first-order chi connectivity index (χ1) is 11.4. The highest BCUT2D eigenvalue weighted by Crippen LogP contribution is 2.24. The molecule has 2 heteroatoms. The number of benzene rings is 1. The van der Waals surface area contributed by atoms with Crippen molar-refractivity contribution in [2.24, 2.45) is 0 Å². The third kappa shape index (κ3) is 9.10. The van der Waals surface area contributed by atoms with Crippen LogP contribution in [-0.2, 0) is 10.2 Å². The molecule has 0 radical (unpaired) electrons. The Kier molecular flexibility index (Phi) is 9.75. The van der Waals surface area contributed by atoms with E-state index in [0.29, 0.717) is 12.2 Å². The lowest BCUT2D eigenvalue weighted by molar-refractivity contribution is -0.134. The van der Waals surface area contributed by atoms with Crippen LogP contribution in [0, 0.1) is 0 Å². The third-order valence-electron chi connectivity index (χ3n) is 4.44. The molecule has 0 aliphatic heterocycles. The highest BCUT2D eigenvalue weighted by Gasteiger charge is 2.13. The maximum Gasteiger partial charge on any atom is 0.311 e. The zero-order valence-electron chi connectivity index (χ0n) is 16.2. The van der Waals surface area contributed by atoms with Gasteiger partial charge in [-0.2, -0.15) is 0 Å². The zero-order valence-corrected chi connectivity index (χ0v) is 16.2. The van der Waals surface area contributed by atoms with Gasteiger partial charge in [-0.05, 0) is 29.5 Å². The molecule has 0 atom stereocenters. The second-order valence-electron chi connectivity index (χ2n) is 7.83. The number of unbranched alkanes of at least 4 members (excludes halogenated alkanes) is 8. The lowest BCUT2D eigenvalue weighted by atomic mass is 9.87. The molecule has 0 heterocycles. The quantitative estimate of drug-likeness (QED) is 0.253. The minimum atomic E-state index is -0.110. The largest absolute Gasteiger partial charge is 0.427 e. The highest BCUT2D eigenvalue weighted by atomic mass is 16.5. The first kappa shape index (κ1) is 20.7. The molecule has 0 amide bonds. The van der Waals surface area contributed by atoms with Crippen molar-refractivity contribution in [3.8, 4) is 5.75 Å². The van der Waals surface area contributed by atoms with Crippen LogP contribution in [-0.4, -0.2) is 5.97 Å². The third-order valence-corrected chi connectivity index (χ3v) is 4.44. The molecule has 0 spiro atoms. The molecular formula is C22H36O2. The summed E-state index contributed by atoms with van der Waals surface area (Å²) in [5, 5.41) is 0. The van der Waals surface area contributed by atoms with Crippen molar-refractivity contribution < 1.29 is 9.53 Å². The van der Waals surface area contributed by atoms with Crippen molar-refractivity contribution in [3.63, 3.8) is 0 Å². The molecule has 0 aliphatic rings. The van der Waals surface area contributed by atoms with Gasteiger partial charge in [0.2, 0.25) is 0 Å². The summed E-state index contributed by atoms with van der Waals surface area (Å²) in [4.78, 5) is 11.9. The van der Waals surface area contributed by atoms with Gasteiger partial charge in [-0.25, -0.2) is 0 Å². The summed E-state index contributed by atoms with van der Waals surface area (Å²) < 4.78 is 5.42. The molecule has 0 saturated carbocycles. The Hall–Kier alpha value is -1.31. The predicted molar refractivity (Wildman–Crippen MR) is 103 cm³/mol. The number of carbonyl (C=O) groups is 1. The zero-order chi connectivity index (χ0) is 17.8. The molecule has 1 rings (SSSR count). The minimum absolute atomic E-state index is 0.110. The van der Waals surface area contributed by atoms with E-state index in [4.69, 9.17) is 4.74 Å². The molecule has 0 bridgehead atoms. The molecule has 0 fully saturated rings. The SMILES string of the molecule is CCCCCCCCCCCC(=O)Oc1ccc(C(C)(C)C)cc1. The van der Waals surface area contributed by atoms with Crippen LogP contribution < -0.4 is 4.74 Å². The summed E-state index contributed by atoms with van der Waals surface area (Å²) in [6.45, 7) is 8.78. The van der Waals surface area contributed by atoms with Crippen molar-refractivity contribution in [1.29, 1.82) is 0 Å². The molecule has 0 aromatic heterocycles. The summed E-state index contributed by atoms with van der Waals surface area (Å²) in [7, 11) is 0. The summed E-state index contributed by atoms with van der Waals surface area (Å²) >= 11 is 0. The number of carbonyl (C=O) groups excluding carboxylic acids is 1. The monoisotopic (exact) mass is 332 g/mol. The van der Waals surface area contributed by atoms with Gasteiger partial charge in [-0.1, -0.05) is 91.2 Å². The summed E-state index contributed by atoms with van der Waals surface area (Å²) in [6.07, 6.45) is 11.9. The van der Waals surface area contributed by atoms with E-state index in [0.717, 1.165) is 12.8 Å². The minimum Gasteiger partial charge on any atom is -0.427 e. The lowest BCUT2D eigenvalue weighted by Crippen LogP contribution is -2.11. The maximum absolute atomic E-state index is 11.9. The first-order valence-corrected chi connectivity index (χ1v) is 9.74. The molecule has 0 unspecified atom stereocenters. The Morgan fingerprint density at radius 1 is 0.833 bits per heavy atom. The van der Waals surface area contributed by atoms with E-state index >= 15 is 0 Å². The van der Waals surface area contributed by atoms with Crippen LogP contribution in [0.3, 0.4) is 0 Å². The standard InChI is InChI=1S/C22H36O2/c1-5-6-7-8-9-10-11-12-13-14-21(23)24-20-17-15-19(16-18-20)22(2,3)4/h15-18H,5-14H2,1-4H3. The van der Waals surface area contributed by atoms with Gasteiger partial charge in [-0.15, -0.1) is 0 Å². The Morgan fingerprint density at radius 3 is 1.83 bits per heavy atom. The fourth-order valence-corrected chi connectivity index (χ4v) is 2.79. The molecule has 1 aromatic carbocycles. The van der Waals surface area contributed by atoms with Gasteiger partial charge in [0.1, 0.15) is 5.75 Å². The Morgan fingerprint density at radius 2 is 1.33 bits per heavy atom. The van der Waals surface area contributed by atoms with Crippen molar-refractivity contribution in [3.05, 3.63) is 29.8 Å². The molecule has 0 N–H and O–H groups in total. The van der Waals surface area contributed by atoms with Crippen molar-refractivity contribution in [2.75, 3.05) is 0 Å². The van der Waals surface area contributed by atoms with E-state index in [1.54, 1.807) is 0 Å². The van der Waals surface area contributed by atoms with Gasteiger partial charge in [0.05, 0.1) is 0 Å². The fraction of sp³-hybridized carbons (Fsp3) is 0.682. The number of rotatable bonds is 11. The smallest absolute Gasteiger partial charge is 0.311 e. The van der Waals surface area contributed by atoms with Crippen LogP contribution >= 0.6 is 0 Å². The molecular weight excluding hydrogens is 296 g/mol. The van der Waals surface area contributed by atoms with E-state index in [2.05, 4.69) is 27.7 Å². The highest BCUT2D eigenvalue weighted by molar-refractivity contribution is 5.72. The van der Waals surface area contributed by atoms with E-state index in [-0.39, 0.29) is 11.4 Å². The Labute approximate surface area is 149 Å². The van der Waals surface area contributed by atoms with Gasteiger partial charge in [0.15, 0.2) is 0 Å². The van der Waals surface area contributed by atoms with Crippen LogP contribution in [0.1, 0.15) is 97.5 Å². The first-order valence-electron chi connectivity index (χ1n) is 9.74. The van der Waals surface area contributed by atoms with E-state index in [1.807, 2.05) is 24.3 Å². The van der Waals surface area contributed by atoms with Crippen LogP contribution in [0.15, 0.2) is 24.3 Å². The van der Waals surface area contributed by atoms with Gasteiger partial charge in [0.25, 0.3) is 0 Å². The van der Waals surface area contributed by atoms with Gasteiger partial charge < -0.3 is 4.74 Å². The van der Waals surface area contributed by atoms with Crippen molar-refractivity contribution >= 4 is 5.97 Å². The molecule has 0 saturated heterocycles. The number of ether oxygens (including phenoxy) is 1. The topological polar surface area (TPSA) is 26.3 Å². The van der Waals surface area contributed by atoms with E-state index in [1.165, 1.54) is 50.5 Å². The normalized spacial score (nSPS) is 11.5. The molecule has 1 aromatic rings. The van der Waals surface area contributed by atoms with Crippen LogP contribution in [0.5, 0.6) is 5.75 Å². The summed E-state index contributed by atoms with van der Waals surface area (Å²) in [5.41, 5.74) is 1.38. The number of esters is 1. The van der Waals surface area contributed by atoms with Crippen LogP contribution in [0.4, 0.5) is 0 Å². The predicted octanol–water partition coefficient (Wildman–Crippen LogP) is 6.81. The van der Waals surface area contributed by atoms with Gasteiger partial charge in [-0.3, -0.25) is 4.79 Å².